The Morgan fingerprint density at radius 1 is 1.22 bits per heavy atom. The fourth-order valence-corrected chi connectivity index (χ4v) is 5.07. The van der Waals surface area contributed by atoms with Crippen LogP contribution in [-0.2, 0) is 17.6 Å². The van der Waals surface area contributed by atoms with Gasteiger partial charge in [-0.2, -0.15) is 5.26 Å². The third-order valence-corrected chi connectivity index (χ3v) is 6.22. The van der Waals surface area contributed by atoms with Crippen molar-refractivity contribution in [2.24, 2.45) is 5.41 Å². The summed E-state index contributed by atoms with van der Waals surface area (Å²) in [5.41, 5.74) is 4.74. The Kier molecular flexibility index (Phi) is 4.90. The molecule has 1 aliphatic carbocycles. The molecule has 1 heterocycles. The van der Waals surface area contributed by atoms with Gasteiger partial charge in [0.15, 0.2) is 0 Å². The predicted octanol–water partition coefficient (Wildman–Crippen LogP) is 3.79. The molecule has 4 heteroatoms. The Bertz CT molecular complexity index is 873. The van der Waals surface area contributed by atoms with Gasteiger partial charge in [-0.1, -0.05) is 18.2 Å². The molecule has 1 spiro atoms. The minimum absolute atomic E-state index is 0.109. The third kappa shape index (κ3) is 3.34. The molecule has 1 unspecified atom stereocenters. The van der Waals surface area contributed by atoms with Crippen LogP contribution in [0.2, 0.25) is 0 Å². The van der Waals surface area contributed by atoms with Crippen molar-refractivity contribution in [2.75, 3.05) is 20.8 Å². The van der Waals surface area contributed by atoms with E-state index >= 15 is 0 Å². The van der Waals surface area contributed by atoms with Crippen molar-refractivity contribution in [3.63, 3.8) is 0 Å². The zero-order valence-electron chi connectivity index (χ0n) is 16.0. The second-order valence-corrected chi connectivity index (χ2v) is 7.84. The summed E-state index contributed by atoms with van der Waals surface area (Å²) in [5.74, 6) is 0.895. The zero-order valence-corrected chi connectivity index (χ0v) is 16.0. The summed E-state index contributed by atoms with van der Waals surface area (Å²) in [4.78, 5) is 0. The molecule has 1 saturated heterocycles. The van der Waals surface area contributed by atoms with Crippen LogP contribution in [0.3, 0.4) is 0 Å². The highest BCUT2D eigenvalue weighted by Crippen LogP contribution is 2.54. The molecule has 4 rings (SSSR count). The van der Waals surface area contributed by atoms with Gasteiger partial charge in [0.05, 0.1) is 24.8 Å². The van der Waals surface area contributed by atoms with Crippen molar-refractivity contribution in [3.8, 4) is 11.8 Å². The van der Waals surface area contributed by atoms with E-state index in [1.54, 1.807) is 7.11 Å². The molecular weight excluding hydrogens is 336 g/mol. The van der Waals surface area contributed by atoms with E-state index in [-0.39, 0.29) is 11.5 Å². The Hall–Kier alpha value is -2.35. The van der Waals surface area contributed by atoms with Gasteiger partial charge in [0.2, 0.25) is 0 Å². The van der Waals surface area contributed by atoms with E-state index in [4.69, 9.17) is 14.7 Å². The van der Waals surface area contributed by atoms with Gasteiger partial charge in [0, 0.05) is 18.6 Å². The summed E-state index contributed by atoms with van der Waals surface area (Å²) in [7, 11) is 3.54. The summed E-state index contributed by atoms with van der Waals surface area (Å²) in [6.07, 6.45) is 4.28. The highest BCUT2D eigenvalue weighted by Gasteiger charge is 2.49. The Balaban J connectivity index is 1.57. The lowest BCUT2D eigenvalue weighted by Gasteiger charge is -2.42. The third-order valence-electron chi connectivity index (χ3n) is 6.22. The second kappa shape index (κ2) is 7.34. The van der Waals surface area contributed by atoms with Crippen LogP contribution in [0.25, 0.3) is 0 Å². The highest BCUT2D eigenvalue weighted by molar-refractivity contribution is 5.43. The molecule has 0 aromatic heterocycles. The molecule has 2 aliphatic rings. The molecule has 1 N–H and O–H groups in total. The summed E-state index contributed by atoms with van der Waals surface area (Å²) < 4.78 is 11.5. The normalized spacial score (nSPS) is 26.6. The number of piperidine rings is 1. The van der Waals surface area contributed by atoms with E-state index in [9.17, 15) is 0 Å². The van der Waals surface area contributed by atoms with Gasteiger partial charge in [-0.3, -0.25) is 0 Å². The Morgan fingerprint density at radius 2 is 2.11 bits per heavy atom. The zero-order chi connectivity index (χ0) is 18.9. The van der Waals surface area contributed by atoms with E-state index in [1.165, 1.54) is 16.7 Å². The van der Waals surface area contributed by atoms with Crippen LogP contribution in [0.15, 0.2) is 42.5 Å². The first-order valence-corrected chi connectivity index (χ1v) is 9.59. The van der Waals surface area contributed by atoms with Crippen LogP contribution in [0, 0.1) is 16.7 Å². The van der Waals surface area contributed by atoms with E-state index in [2.05, 4.69) is 35.7 Å². The highest BCUT2D eigenvalue weighted by atomic mass is 16.5. The molecule has 0 saturated carbocycles. The number of benzene rings is 2. The minimum atomic E-state index is 0.109. The molecular formula is C23H26N2O2. The molecule has 1 fully saturated rings. The molecule has 2 aromatic carbocycles. The summed E-state index contributed by atoms with van der Waals surface area (Å²) in [5, 5.41) is 12.8. The van der Waals surface area contributed by atoms with Crippen LogP contribution in [0.1, 0.15) is 41.2 Å². The smallest absolute Gasteiger partial charge is 0.119 e. The van der Waals surface area contributed by atoms with E-state index < -0.39 is 0 Å². The number of methoxy groups -OCH3 is 2. The summed E-state index contributed by atoms with van der Waals surface area (Å²) in [6.45, 7) is 0.994. The van der Waals surface area contributed by atoms with Gasteiger partial charge < -0.3 is 14.8 Å². The van der Waals surface area contributed by atoms with Crippen LogP contribution in [0.5, 0.6) is 5.75 Å². The number of ether oxygens (including phenoxy) is 2. The standard InChI is InChI=1S/C23H26N2O2/c1-26-20-7-6-18-13-23(22(27-2)21(18)12-20)8-9-25-19(14-23)11-16-4-3-5-17(10-16)15-24/h3-7,10,12,19,22,25H,8-9,11,13-14H2,1-2H3/t19-,22+,23?/m1/s1. The second-order valence-electron chi connectivity index (χ2n) is 7.84. The van der Waals surface area contributed by atoms with Crippen LogP contribution < -0.4 is 10.1 Å². The summed E-state index contributed by atoms with van der Waals surface area (Å²) >= 11 is 0. The lowest BCUT2D eigenvalue weighted by Crippen LogP contribution is -2.47. The van der Waals surface area contributed by atoms with Crippen molar-refractivity contribution in [1.29, 1.82) is 5.26 Å². The van der Waals surface area contributed by atoms with Gasteiger partial charge >= 0.3 is 0 Å². The molecule has 27 heavy (non-hydrogen) atoms. The average Bonchev–Trinajstić information content (AvgIpc) is 2.99. The quantitative estimate of drug-likeness (QED) is 0.899. The number of rotatable bonds is 4. The first-order chi connectivity index (χ1) is 13.2. The Labute approximate surface area is 161 Å². The van der Waals surface area contributed by atoms with Crippen molar-refractivity contribution in [3.05, 3.63) is 64.7 Å². The van der Waals surface area contributed by atoms with Crippen molar-refractivity contribution in [1.82, 2.24) is 5.32 Å². The molecule has 3 atom stereocenters. The molecule has 140 valence electrons. The van der Waals surface area contributed by atoms with Gasteiger partial charge in [0.25, 0.3) is 0 Å². The number of nitriles is 1. The van der Waals surface area contributed by atoms with Gasteiger partial charge in [-0.05, 0) is 73.2 Å². The average molecular weight is 362 g/mol. The molecule has 4 nitrogen and oxygen atoms in total. The lowest BCUT2D eigenvalue weighted by molar-refractivity contribution is -0.0290. The van der Waals surface area contributed by atoms with Crippen LogP contribution in [0.4, 0.5) is 0 Å². The first-order valence-electron chi connectivity index (χ1n) is 9.59. The number of hydrogen-bond acceptors (Lipinski definition) is 4. The van der Waals surface area contributed by atoms with Gasteiger partial charge in [-0.15, -0.1) is 0 Å². The SMILES string of the molecule is COc1ccc2c(c1)[C@H](OC)C1(CCN[C@H](Cc3cccc(C#N)c3)C1)C2. The van der Waals surface area contributed by atoms with E-state index in [0.717, 1.165) is 43.5 Å². The van der Waals surface area contributed by atoms with E-state index in [0.29, 0.717) is 6.04 Å². The largest absolute Gasteiger partial charge is 0.497 e. The van der Waals surface area contributed by atoms with Crippen molar-refractivity contribution >= 4 is 0 Å². The fourth-order valence-electron chi connectivity index (χ4n) is 5.07. The molecule has 0 bridgehead atoms. The maximum atomic E-state index is 9.15. The monoisotopic (exact) mass is 362 g/mol. The number of nitrogens with one attached hydrogen (secondary N) is 1. The molecule has 2 aromatic rings. The number of nitrogens with zero attached hydrogens (tertiary/aromatic N) is 1. The minimum Gasteiger partial charge on any atom is -0.497 e. The molecule has 1 aliphatic heterocycles. The van der Waals surface area contributed by atoms with Crippen molar-refractivity contribution < 1.29 is 9.47 Å². The topological polar surface area (TPSA) is 54.3 Å². The van der Waals surface area contributed by atoms with Gasteiger partial charge in [0.1, 0.15) is 5.75 Å². The maximum Gasteiger partial charge on any atom is 0.119 e. The Morgan fingerprint density at radius 3 is 2.89 bits per heavy atom. The lowest BCUT2D eigenvalue weighted by atomic mass is 9.71. The van der Waals surface area contributed by atoms with Crippen LogP contribution >= 0.6 is 0 Å². The summed E-state index contributed by atoms with van der Waals surface area (Å²) in [6, 6.07) is 17.0. The predicted molar refractivity (Wildman–Crippen MR) is 105 cm³/mol. The van der Waals surface area contributed by atoms with Crippen LogP contribution in [-0.4, -0.2) is 26.8 Å². The maximum absolute atomic E-state index is 9.15. The molecule has 0 radical (unpaired) electrons. The fraction of sp³-hybridized carbons (Fsp3) is 0.435. The van der Waals surface area contributed by atoms with Gasteiger partial charge in [-0.25, -0.2) is 0 Å². The van der Waals surface area contributed by atoms with E-state index in [1.807, 2.05) is 25.3 Å². The first kappa shape index (κ1) is 18.0. The number of fused-ring (bicyclic) bond motifs is 1. The number of hydrogen-bond donors (Lipinski definition) is 1. The molecule has 0 amide bonds. The van der Waals surface area contributed by atoms with Crippen molar-refractivity contribution in [2.45, 2.75) is 37.8 Å².